The molecule has 4 nitrogen and oxygen atoms in total. The predicted molar refractivity (Wildman–Crippen MR) is 95.4 cm³/mol. The minimum atomic E-state index is 0.807. The number of benzene rings is 1. The first-order valence-electron chi connectivity index (χ1n) is 8.43. The monoisotopic (exact) mass is 330 g/mol. The molecule has 1 fully saturated rings. The Morgan fingerprint density at radius 3 is 2.57 bits per heavy atom. The highest BCUT2D eigenvalue weighted by atomic mass is 32.1. The van der Waals surface area contributed by atoms with E-state index in [2.05, 4.69) is 57.4 Å². The largest absolute Gasteiger partial charge is 0.299 e. The van der Waals surface area contributed by atoms with E-state index in [1.54, 1.807) is 11.3 Å². The van der Waals surface area contributed by atoms with Crippen LogP contribution in [0, 0.1) is 12.8 Å². The van der Waals surface area contributed by atoms with Crippen molar-refractivity contribution in [3.8, 4) is 0 Å². The van der Waals surface area contributed by atoms with E-state index in [9.17, 15) is 0 Å². The van der Waals surface area contributed by atoms with Crippen molar-refractivity contribution < 1.29 is 0 Å². The van der Waals surface area contributed by atoms with Gasteiger partial charge in [-0.3, -0.25) is 9.80 Å². The molecule has 124 valence electrons. The van der Waals surface area contributed by atoms with E-state index in [0.717, 1.165) is 35.6 Å². The zero-order valence-corrected chi connectivity index (χ0v) is 14.9. The summed E-state index contributed by atoms with van der Waals surface area (Å²) in [4.78, 5) is 4.98. The molecule has 1 aliphatic rings. The summed E-state index contributed by atoms with van der Waals surface area (Å²) in [5.74, 6) is 0.807. The number of aryl methyl sites for hydroxylation is 1. The topological polar surface area (TPSA) is 32.3 Å². The second kappa shape index (κ2) is 7.99. The van der Waals surface area contributed by atoms with Gasteiger partial charge in [0, 0.05) is 13.1 Å². The van der Waals surface area contributed by atoms with Crippen molar-refractivity contribution in [1.82, 2.24) is 20.0 Å². The molecule has 1 aromatic carbocycles. The number of likely N-dealkylation sites (tertiary alicyclic amines) is 1. The van der Waals surface area contributed by atoms with Crippen LogP contribution in [0.15, 0.2) is 30.3 Å². The lowest BCUT2D eigenvalue weighted by molar-refractivity contribution is 0.147. The summed E-state index contributed by atoms with van der Waals surface area (Å²) in [7, 11) is 2.20. The van der Waals surface area contributed by atoms with Gasteiger partial charge in [0.1, 0.15) is 10.0 Å². The fourth-order valence-corrected chi connectivity index (χ4v) is 4.10. The van der Waals surface area contributed by atoms with Gasteiger partial charge in [-0.2, -0.15) is 0 Å². The van der Waals surface area contributed by atoms with E-state index in [0.29, 0.717) is 0 Å². The van der Waals surface area contributed by atoms with Gasteiger partial charge in [0.25, 0.3) is 0 Å². The molecule has 1 aliphatic heterocycles. The van der Waals surface area contributed by atoms with Crippen LogP contribution < -0.4 is 0 Å². The number of hydrogen-bond donors (Lipinski definition) is 0. The highest BCUT2D eigenvalue weighted by Crippen LogP contribution is 2.21. The maximum absolute atomic E-state index is 4.23. The summed E-state index contributed by atoms with van der Waals surface area (Å²) >= 11 is 1.71. The average molecular weight is 331 g/mol. The van der Waals surface area contributed by atoms with Crippen LogP contribution in [0.3, 0.4) is 0 Å². The van der Waals surface area contributed by atoms with Crippen molar-refractivity contribution in [2.75, 3.05) is 26.7 Å². The van der Waals surface area contributed by atoms with Crippen molar-refractivity contribution in [1.29, 1.82) is 0 Å². The molecule has 0 N–H and O–H groups in total. The van der Waals surface area contributed by atoms with Crippen molar-refractivity contribution >= 4 is 11.3 Å². The first-order chi connectivity index (χ1) is 11.2. The fourth-order valence-electron chi connectivity index (χ4n) is 3.31. The molecular formula is C18H26N4S. The number of hydrogen-bond acceptors (Lipinski definition) is 5. The van der Waals surface area contributed by atoms with Crippen LogP contribution in [0.2, 0.25) is 0 Å². The maximum atomic E-state index is 4.23. The molecule has 2 heterocycles. The number of nitrogens with zero attached hydrogens (tertiary/aromatic N) is 4. The molecule has 1 saturated heterocycles. The first kappa shape index (κ1) is 16.6. The van der Waals surface area contributed by atoms with E-state index >= 15 is 0 Å². The summed E-state index contributed by atoms with van der Waals surface area (Å²) in [6, 6.07) is 10.8. The molecule has 3 rings (SSSR count). The number of rotatable bonds is 6. The van der Waals surface area contributed by atoms with Gasteiger partial charge in [-0.15, -0.1) is 21.5 Å². The van der Waals surface area contributed by atoms with Crippen LogP contribution in [0.5, 0.6) is 0 Å². The minimum absolute atomic E-state index is 0.807. The lowest BCUT2D eigenvalue weighted by Crippen LogP contribution is -2.37. The first-order valence-corrected chi connectivity index (χ1v) is 9.24. The molecule has 0 amide bonds. The second-order valence-electron chi connectivity index (χ2n) is 6.62. The molecule has 2 aromatic rings. The Labute approximate surface area is 143 Å². The average Bonchev–Trinajstić information content (AvgIpc) is 2.95. The summed E-state index contributed by atoms with van der Waals surface area (Å²) < 4.78 is 0. The van der Waals surface area contributed by atoms with Gasteiger partial charge < -0.3 is 0 Å². The van der Waals surface area contributed by atoms with Crippen molar-refractivity contribution in [3.63, 3.8) is 0 Å². The van der Waals surface area contributed by atoms with Crippen LogP contribution in [0.1, 0.15) is 28.4 Å². The van der Waals surface area contributed by atoms with Gasteiger partial charge in [-0.25, -0.2) is 0 Å². The van der Waals surface area contributed by atoms with Gasteiger partial charge in [0.2, 0.25) is 0 Å². The summed E-state index contributed by atoms with van der Waals surface area (Å²) in [5.41, 5.74) is 1.43. The second-order valence-corrected chi connectivity index (χ2v) is 7.88. The summed E-state index contributed by atoms with van der Waals surface area (Å²) in [5, 5.41) is 10.5. The van der Waals surface area contributed by atoms with Gasteiger partial charge in [-0.1, -0.05) is 30.3 Å². The van der Waals surface area contributed by atoms with Crippen molar-refractivity contribution in [3.05, 3.63) is 45.9 Å². The molecule has 0 spiro atoms. The van der Waals surface area contributed by atoms with E-state index in [4.69, 9.17) is 0 Å². The van der Waals surface area contributed by atoms with E-state index in [-0.39, 0.29) is 0 Å². The molecule has 0 atom stereocenters. The van der Waals surface area contributed by atoms with Gasteiger partial charge in [0.05, 0.1) is 6.54 Å². The van der Waals surface area contributed by atoms with Crippen LogP contribution in [-0.2, 0) is 13.1 Å². The van der Waals surface area contributed by atoms with Crippen LogP contribution in [0.25, 0.3) is 0 Å². The Morgan fingerprint density at radius 2 is 1.91 bits per heavy atom. The predicted octanol–water partition coefficient (Wildman–Crippen LogP) is 3.19. The van der Waals surface area contributed by atoms with Crippen molar-refractivity contribution in [2.24, 2.45) is 5.92 Å². The Balaban J connectivity index is 1.40. The SMILES string of the molecule is Cc1nnc(CN(C)CC2CCN(Cc3ccccc3)CC2)s1. The van der Waals surface area contributed by atoms with Gasteiger partial charge >= 0.3 is 0 Å². The fraction of sp³-hybridized carbons (Fsp3) is 0.556. The number of piperidine rings is 1. The molecule has 0 aliphatic carbocycles. The van der Waals surface area contributed by atoms with Crippen molar-refractivity contribution in [2.45, 2.75) is 32.9 Å². The van der Waals surface area contributed by atoms with E-state index in [1.807, 2.05) is 6.92 Å². The zero-order valence-electron chi connectivity index (χ0n) is 14.1. The van der Waals surface area contributed by atoms with Crippen LogP contribution in [0.4, 0.5) is 0 Å². The molecule has 0 bridgehead atoms. The smallest absolute Gasteiger partial charge is 0.131 e. The minimum Gasteiger partial charge on any atom is -0.299 e. The third kappa shape index (κ3) is 5.09. The molecule has 5 heteroatoms. The van der Waals surface area contributed by atoms with E-state index in [1.165, 1.54) is 31.5 Å². The molecule has 0 unspecified atom stereocenters. The molecule has 0 radical (unpaired) electrons. The zero-order chi connectivity index (χ0) is 16.1. The number of aromatic nitrogens is 2. The van der Waals surface area contributed by atoms with Gasteiger partial charge in [-0.05, 0) is 51.4 Å². The normalized spacial score (nSPS) is 17.0. The quantitative estimate of drug-likeness (QED) is 0.814. The summed E-state index contributed by atoms with van der Waals surface area (Å²) in [6.45, 7) is 7.63. The van der Waals surface area contributed by atoms with Crippen LogP contribution >= 0.6 is 11.3 Å². The Hall–Kier alpha value is -1.30. The highest BCUT2D eigenvalue weighted by molar-refractivity contribution is 7.11. The lowest BCUT2D eigenvalue weighted by atomic mass is 9.96. The van der Waals surface area contributed by atoms with Crippen LogP contribution in [-0.4, -0.2) is 46.7 Å². The Morgan fingerprint density at radius 1 is 1.17 bits per heavy atom. The third-order valence-electron chi connectivity index (χ3n) is 4.50. The standard InChI is InChI=1S/C18H26N4S/c1-15-19-20-18(23-15)14-21(2)12-17-8-10-22(11-9-17)13-16-6-4-3-5-7-16/h3-7,17H,8-14H2,1-2H3. The summed E-state index contributed by atoms with van der Waals surface area (Å²) in [6.07, 6.45) is 2.60. The maximum Gasteiger partial charge on any atom is 0.131 e. The molecular weight excluding hydrogens is 304 g/mol. The Kier molecular flexibility index (Phi) is 5.75. The molecule has 0 saturated carbocycles. The Bertz CT molecular complexity index is 590. The van der Waals surface area contributed by atoms with Gasteiger partial charge in [0.15, 0.2) is 0 Å². The highest BCUT2D eigenvalue weighted by Gasteiger charge is 2.20. The molecule has 23 heavy (non-hydrogen) atoms. The molecule has 1 aromatic heterocycles. The van der Waals surface area contributed by atoms with E-state index < -0.39 is 0 Å². The third-order valence-corrected chi connectivity index (χ3v) is 5.32. The lowest BCUT2D eigenvalue weighted by Gasteiger charge is -2.33.